The summed E-state index contributed by atoms with van der Waals surface area (Å²) in [4.78, 5) is 26.8. The normalized spacial score (nSPS) is 12.4. The third-order valence-electron chi connectivity index (χ3n) is 11.3. The molecule has 2 aromatic carbocycles. The zero-order valence-electron chi connectivity index (χ0n) is 35.4. The number of rotatable bonds is 37. The van der Waals surface area contributed by atoms with Crippen molar-refractivity contribution in [1.29, 1.82) is 0 Å². The number of benzene rings is 2. The van der Waals surface area contributed by atoms with Gasteiger partial charge in [-0.2, -0.15) is 0 Å². The molecule has 0 aromatic heterocycles. The molecule has 2 rings (SSSR count). The molecular formula is C50H84N2O2. The molecule has 0 fully saturated rings. The van der Waals surface area contributed by atoms with Gasteiger partial charge in [0.15, 0.2) is 0 Å². The number of carbonyl (C=O) groups is 2. The minimum atomic E-state index is -0.331. The molecule has 0 aliphatic rings. The fraction of sp³-hybridized carbons (Fsp3) is 0.720. The lowest BCUT2D eigenvalue weighted by Gasteiger charge is -2.30. The van der Waals surface area contributed by atoms with Gasteiger partial charge in [-0.15, -0.1) is 0 Å². The molecule has 4 heteroatoms. The van der Waals surface area contributed by atoms with E-state index in [4.69, 9.17) is 0 Å². The van der Waals surface area contributed by atoms with Crippen molar-refractivity contribution in [1.82, 2.24) is 10.6 Å². The van der Waals surface area contributed by atoms with Crippen LogP contribution in [-0.4, -0.2) is 11.8 Å². The molecular weight excluding hydrogens is 661 g/mol. The lowest BCUT2D eigenvalue weighted by atomic mass is 9.92. The van der Waals surface area contributed by atoms with Gasteiger partial charge in [0.25, 0.3) is 0 Å². The van der Waals surface area contributed by atoms with E-state index in [1.165, 1.54) is 167 Å². The molecule has 2 aromatic rings. The van der Waals surface area contributed by atoms with Crippen LogP contribution in [0.25, 0.3) is 0 Å². The summed E-state index contributed by atoms with van der Waals surface area (Å²) >= 11 is 0. The molecule has 2 N–H and O–H groups in total. The maximum atomic E-state index is 13.4. The Hall–Kier alpha value is -2.62. The maximum Gasteiger partial charge on any atom is 0.220 e. The molecule has 2 amide bonds. The molecule has 306 valence electrons. The van der Waals surface area contributed by atoms with Crippen LogP contribution in [0.1, 0.15) is 243 Å². The van der Waals surface area contributed by atoms with Crippen LogP contribution >= 0.6 is 0 Å². The van der Waals surface area contributed by atoms with Crippen LogP contribution in [0.5, 0.6) is 0 Å². The molecule has 0 aliphatic carbocycles. The Bertz CT molecular complexity index is 1030. The van der Waals surface area contributed by atoms with Crippen molar-refractivity contribution in [3.8, 4) is 0 Å². The van der Waals surface area contributed by atoms with E-state index in [2.05, 4.69) is 48.7 Å². The van der Waals surface area contributed by atoms with Crippen LogP contribution in [0.2, 0.25) is 0 Å². The number of carbonyl (C=O) groups excluding carboxylic acids is 2. The Morgan fingerprint density at radius 3 is 0.815 bits per heavy atom. The molecule has 0 heterocycles. The van der Waals surface area contributed by atoms with E-state index in [1.54, 1.807) is 0 Å². The quantitative estimate of drug-likeness (QED) is 0.0677. The number of unbranched alkanes of at least 4 members (excludes halogenated alkanes) is 28. The summed E-state index contributed by atoms with van der Waals surface area (Å²) in [5.41, 5.74) is 2.03. The highest BCUT2D eigenvalue weighted by molar-refractivity contribution is 5.78. The van der Waals surface area contributed by atoms with E-state index in [-0.39, 0.29) is 23.9 Å². The summed E-state index contributed by atoms with van der Waals surface area (Å²) < 4.78 is 0. The Kier molecular flexibility index (Phi) is 30.7. The van der Waals surface area contributed by atoms with Gasteiger partial charge in [0, 0.05) is 12.8 Å². The van der Waals surface area contributed by atoms with Crippen molar-refractivity contribution in [2.45, 2.75) is 231 Å². The topological polar surface area (TPSA) is 58.2 Å². The molecule has 0 spiro atoms. The van der Waals surface area contributed by atoms with E-state index >= 15 is 0 Å². The van der Waals surface area contributed by atoms with Crippen LogP contribution in [0.15, 0.2) is 60.7 Å². The maximum absolute atomic E-state index is 13.4. The molecule has 2 unspecified atom stereocenters. The summed E-state index contributed by atoms with van der Waals surface area (Å²) in [6.45, 7) is 4.57. The van der Waals surface area contributed by atoms with E-state index in [1.807, 2.05) is 36.4 Å². The average Bonchev–Trinajstić information content (AvgIpc) is 3.19. The molecule has 0 bridgehead atoms. The highest BCUT2D eigenvalue weighted by Gasteiger charge is 2.28. The van der Waals surface area contributed by atoms with E-state index in [9.17, 15) is 9.59 Å². The monoisotopic (exact) mass is 745 g/mol. The number of hydrogen-bond donors (Lipinski definition) is 2. The first-order valence-electron chi connectivity index (χ1n) is 23.3. The molecule has 0 radical (unpaired) electrons. The number of nitrogens with one attached hydrogen (secondary N) is 2. The van der Waals surface area contributed by atoms with Crippen LogP contribution in [0, 0.1) is 0 Å². The Labute approximate surface area is 334 Å². The zero-order valence-corrected chi connectivity index (χ0v) is 35.4. The minimum absolute atomic E-state index is 0.0659. The SMILES string of the molecule is CCCCCCCCCCCCCCCCCC(=O)NC(c1ccccc1)C(NC(=O)CCCCCCCCCCCCCCCCC)c1ccccc1. The van der Waals surface area contributed by atoms with Gasteiger partial charge in [0.1, 0.15) is 0 Å². The number of hydrogen-bond acceptors (Lipinski definition) is 2. The molecule has 2 atom stereocenters. The lowest BCUT2D eigenvalue weighted by Crippen LogP contribution is -2.40. The first-order valence-corrected chi connectivity index (χ1v) is 23.3. The third kappa shape index (κ3) is 25.5. The van der Waals surface area contributed by atoms with Gasteiger partial charge < -0.3 is 10.6 Å². The predicted molar refractivity (Wildman–Crippen MR) is 234 cm³/mol. The zero-order chi connectivity index (χ0) is 38.6. The largest absolute Gasteiger partial charge is 0.347 e. The second-order valence-electron chi connectivity index (χ2n) is 16.3. The molecule has 0 aliphatic heterocycles. The second-order valence-corrected chi connectivity index (χ2v) is 16.3. The summed E-state index contributed by atoms with van der Waals surface area (Å²) in [6, 6.07) is 19.7. The van der Waals surface area contributed by atoms with Crippen LogP contribution < -0.4 is 10.6 Å². The van der Waals surface area contributed by atoms with Crippen LogP contribution in [0.4, 0.5) is 0 Å². The Morgan fingerprint density at radius 2 is 0.574 bits per heavy atom. The lowest BCUT2D eigenvalue weighted by molar-refractivity contribution is -0.124. The van der Waals surface area contributed by atoms with Crippen LogP contribution in [0.3, 0.4) is 0 Å². The van der Waals surface area contributed by atoms with Gasteiger partial charge in [0.05, 0.1) is 12.1 Å². The Balaban J connectivity index is 1.70. The summed E-state index contributed by atoms with van der Waals surface area (Å²) in [6.07, 6.45) is 40.4. The van der Waals surface area contributed by atoms with E-state index in [0.717, 1.165) is 36.8 Å². The fourth-order valence-electron chi connectivity index (χ4n) is 7.84. The van der Waals surface area contributed by atoms with Gasteiger partial charge in [-0.3, -0.25) is 9.59 Å². The molecule has 0 saturated heterocycles. The first-order chi connectivity index (χ1) is 26.7. The third-order valence-corrected chi connectivity index (χ3v) is 11.3. The first kappa shape index (κ1) is 47.5. The number of amides is 2. The Morgan fingerprint density at radius 1 is 0.352 bits per heavy atom. The van der Waals surface area contributed by atoms with Crippen molar-refractivity contribution in [2.24, 2.45) is 0 Å². The average molecular weight is 745 g/mol. The fourth-order valence-corrected chi connectivity index (χ4v) is 7.84. The van der Waals surface area contributed by atoms with Crippen molar-refractivity contribution in [2.75, 3.05) is 0 Å². The summed E-state index contributed by atoms with van der Waals surface area (Å²) in [5, 5.41) is 6.71. The summed E-state index contributed by atoms with van der Waals surface area (Å²) in [5.74, 6) is 0.132. The molecule has 4 nitrogen and oxygen atoms in total. The highest BCUT2D eigenvalue weighted by Crippen LogP contribution is 2.30. The highest BCUT2D eigenvalue weighted by atomic mass is 16.2. The van der Waals surface area contributed by atoms with Crippen molar-refractivity contribution in [3.05, 3.63) is 71.8 Å². The van der Waals surface area contributed by atoms with Crippen LogP contribution in [-0.2, 0) is 9.59 Å². The molecule has 0 saturated carbocycles. The van der Waals surface area contributed by atoms with Crippen molar-refractivity contribution >= 4 is 11.8 Å². The summed E-state index contributed by atoms with van der Waals surface area (Å²) in [7, 11) is 0. The predicted octanol–water partition coefficient (Wildman–Crippen LogP) is 15.2. The molecule has 54 heavy (non-hydrogen) atoms. The van der Waals surface area contributed by atoms with Gasteiger partial charge in [-0.25, -0.2) is 0 Å². The van der Waals surface area contributed by atoms with Gasteiger partial charge >= 0.3 is 0 Å². The minimum Gasteiger partial charge on any atom is -0.347 e. The van der Waals surface area contributed by atoms with E-state index in [0.29, 0.717) is 12.8 Å². The van der Waals surface area contributed by atoms with Gasteiger partial charge in [-0.1, -0.05) is 254 Å². The standard InChI is InChI=1S/C50H84N2O2/c1-3-5-7-9-11-13-15-17-19-21-23-25-27-29-37-43-47(53)51-49(45-39-33-31-34-40-45)50(46-41-35-32-36-42-46)52-48(54)44-38-30-28-26-24-22-20-18-16-14-12-10-8-6-4-2/h31-36,39-42,49-50H,3-30,37-38,43-44H2,1-2H3,(H,51,53)(H,52,54). The van der Waals surface area contributed by atoms with Crippen molar-refractivity contribution < 1.29 is 9.59 Å². The van der Waals surface area contributed by atoms with Gasteiger partial charge in [0.2, 0.25) is 11.8 Å². The van der Waals surface area contributed by atoms with Crippen molar-refractivity contribution in [3.63, 3.8) is 0 Å². The second kappa shape index (κ2) is 34.8. The smallest absolute Gasteiger partial charge is 0.220 e. The van der Waals surface area contributed by atoms with Gasteiger partial charge in [-0.05, 0) is 24.0 Å². The van der Waals surface area contributed by atoms with E-state index < -0.39 is 0 Å².